The molecular weight excluding hydrogens is 204 g/mol. The van der Waals surface area contributed by atoms with Gasteiger partial charge in [-0.15, -0.1) is 5.10 Å². The summed E-state index contributed by atoms with van der Waals surface area (Å²) in [5.74, 6) is 0.634. The van der Waals surface area contributed by atoms with Crippen molar-refractivity contribution in [1.82, 2.24) is 14.6 Å². The maximum atomic E-state index is 5.14. The van der Waals surface area contributed by atoms with Gasteiger partial charge in [0.25, 0.3) is 0 Å². The number of aryl methyl sites for hydroxylation is 1. The Hall–Kier alpha value is -1.62. The van der Waals surface area contributed by atoms with Crippen LogP contribution in [0.15, 0.2) is 18.3 Å². The minimum Gasteiger partial charge on any atom is -0.380 e. The van der Waals surface area contributed by atoms with Crippen LogP contribution in [0.5, 0.6) is 0 Å². The second-order valence-electron chi connectivity index (χ2n) is 3.87. The van der Waals surface area contributed by atoms with E-state index in [4.69, 9.17) is 4.74 Å². The van der Waals surface area contributed by atoms with Crippen molar-refractivity contribution in [2.45, 2.75) is 20.0 Å². The maximum absolute atomic E-state index is 5.14. The number of methoxy groups -OCH3 is 1. The third-order valence-corrected chi connectivity index (χ3v) is 2.43. The molecule has 0 aliphatic carbocycles. The Labute approximate surface area is 94.4 Å². The average Bonchev–Trinajstić information content (AvgIpc) is 2.67. The molecule has 2 aromatic heterocycles. The molecule has 0 bridgehead atoms. The molecule has 0 aliphatic rings. The highest BCUT2D eigenvalue weighted by molar-refractivity contribution is 5.44. The lowest BCUT2D eigenvalue weighted by Crippen LogP contribution is -2.18. The molecule has 0 saturated carbocycles. The van der Waals surface area contributed by atoms with Gasteiger partial charge < -0.3 is 10.1 Å². The van der Waals surface area contributed by atoms with Gasteiger partial charge in [-0.25, -0.2) is 4.52 Å². The second-order valence-corrected chi connectivity index (χ2v) is 3.87. The average molecular weight is 220 g/mol. The summed E-state index contributed by atoms with van der Waals surface area (Å²) in [6.45, 7) is 4.72. The number of hydrogen-bond donors (Lipinski definition) is 1. The lowest BCUT2D eigenvalue weighted by molar-refractivity contribution is 0.128. The van der Waals surface area contributed by atoms with Crippen LogP contribution >= 0.6 is 0 Å². The molecule has 5 heteroatoms. The first-order valence-electron chi connectivity index (χ1n) is 5.29. The van der Waals surface area contributed by atoms with Gasteiger partial charge in [0.2, 0.25) is 5.95 Å². The number of rotatable bonds is 4. The Bertz CT molecular complexity index is 480. The molecule has 0 aliphatic heterocycles. The van der Waals surface area contributed by atoms with Crippen LogP contribution in [0.2, 0.25) is 0 Å². The lowest BCUT2D eigenvalue weighted by atomic mass is 10.3. The van der Waals surface area contributed by atoms with Crippen molar-refractivity contribution < 1.29 is 4.74 Å². The Balaban J connectivity index is 2.13. The van der Waals surface area contributed by atoms with Crippen molar-refractivity contribution in [1.29, 1.82) is 0 Å². The summed E-state index contributed by atoms with van der Waals surface area (Å²) in [7, 11) is 1.69. The smallest absolute Gasteiger partial charge is 0.243 e. The van der Waals surface area contributed by atoms with E-state index in [1.54, 1.807) is 11.6 Å². The van der Waals surface area contributed by atoms with Crippen LogP contribution in [-0.2, 0) is 4.74 Å². The van der Waals surface area contributed by atoms with Crippen molar-refractivity contribution in [3.63, 3.8) is 0 Å². The van der Waals surface area contributed by atoms with Gasteiger partial charge in [0, 0.05) is 19.9 Å². The minimum absolute atomic E-state index is 0.147. The van der Waals surface area contributed by atoms with Gasteiger partial charge in [0.15, 0.2) is 5.65 Å². The molecule has 0 aromatic carbocycles. The molecule has 1 N–H and O–H groups in total. The number of pyridine rings is 1. The van der Waals surface area contributed by atoms with Crippen molar-refractivity contribution >= 4 is 11.6 Å². The Kier molecular flexibility index (Phi) is 3.05. The third-order valence-electron chi connectivity index (χ3n) is 2.43. The van der Waals surface area contributed by atoms with E-state index < -0.39 is 0 Å². The summed E-state index contributed by atoms with van der Waals surface area (Å²) >= 11 is 0. The van der Waals surface area contributed by atoms with E-state index in [2.05, 4.69) is 15.4 Å². The second kappa shape index (κ2) is 4.49. The van der Waals surface area contributed by atoms with Gasteiger partial charge in [-0.3, -0.25) is 0 Å². The van der Waals surface area contributed by atoms with Crippen molar-refractivity contribution in [2.75, 3.05) is 19.0 Å². The van der Waals surface area contributed by atoms with E-state index in [0.717, 1.165) is 11.2 Å². The summed E-state index contributed by atoms with van der Waals surface area (Å²) < 4.78 is 6.91. The van der Waals surface area contributed by atoms with Crippen LogP contribution in [0.4, 0.5) is 5.95 Å². The first kappa shape index (κ1) is 10.9. The maximum Gasteiger partial charge on any atom is 0.243 e. The molecular formula is C11H16N4O. The number of nitrogens with zero attached hydrogens (tertiary/aromatic N) is 3. The number of ether oxygens (including phenoxy) is 1. The quantitative estimate of drug-likeness (QED) is 0.848. The van der Waals surface area contributed by atoms with Gasteiger partial charge in [0.05, 0.1) is 6.10 Å². The number of fused-ring (bicyclic) bond motifs is 1. The van der Waals surface area contributed by atoms with Crippen molar-refractivity contribution in [3.8, 4) is 0 Å². The summed E-state index contributed by atoms with van der Waals surface area (Å²) in [5.41, 5.74) is 2.01. The molecule has 2 aromatic rings. The molecule has 5 nitrogen and oxygen atoms in total. The SMILES string of the molecule is COC(C)CNc1nc2ccc(C)cn2n1. The van der Waals surface area contributed by atoms with Crippen LogP contribution in [0.1, 0.15) is 12.5 Å². The van der Waals surface area contributed by atoms with Gasteiger partial charge in [-0.1, -0.05) is 6.07 Å². The molecule has 86 valence electrons. The number of aromatic nitrogens is 3. The molecule has 0 amide bonds. The zero-order valence-corrected chi connectivity index (χ0v) is 9.77. The fourth-order valence-corrected chi connectivity index (χ4v) is 1.38. The van der Waals surface area contributed by atoms with Crippen molar-refractivity contribution in [2.24, 2.45) is 0 Å². The number of hydrogen-bond acceptors (Lipinski definition) is 4. The standard InChI is InChI=1S/C11H16N4O/c1-8-4-5-10-13-11(14-15(10)7-8)12-6-9(2)16-3/h4-5,7,9H,6H2,1-3H3,(H,12,14). The number of anilines is 1. The van der Waals surface area contributed by atoms with E-state index >= 15 is 0 Å². The predicted molar refractivity (Wildman–Crippen MR) is 62.7 cm³/mol. The molecule has 2 rings (SSSR count). The molecule has 0 radical (unpaired) electrons. The molecule has 16 heavy (non-hydrogen) atoms. The van der Waals surface area contributed by atoms with Crippen LogP contribution in [-0.4, -0.2) is 34.4 Å². The van der Waals surface area contributed by atoms with Crippen LogP contribution in [0.3, 0.4) is 0 Å². The van der Waals surface area contributed by atoms with E-state index in [0.29, 0.717) is 12.5 Å². The highest BCUT2D eigenvalue weighted by Gasteiger charge is 2.04. The summed E-state index contributed by atoms with van der Waals surface area (Å²) in [4.78, 5) is 4.35. The molecule has 0 spiro atoms. The Morgan fingerprint density at radius 1 is 1.50 bits per heavy atom. The summed E-state index contributed by atoms with van der Waals surface area (Å²) in [6.07, 6.45) is 2.10. The topological polar surface area (TPSA) is 51.5 Å². The van der Waals surface area contributed by atoms with Gasteiger partial charge in [-0.2, -0.15) is 4.98 Å². The zero-order chi connectivity index (χ0) is 11.5. The fraction of sp³-hybridized carbons (Fsp3) is 0.455. The highest BCUT2D eigenvalue weighted by Crippen LogP contribution is 2.07. The van der Waals surface area contributed by atoms with E-state index in [1.807, 2.05) is 32.2 Å². The van der Waals surface area contributed by atoms with E-state index in [9.17, 15) is 0 Å². The highest BCUT2D eigenvalue weighted by atomic mass is 16.5. The largest absolute Gasteiger partial charge is 0.380 e. The Morgan fingerprint density at radius 2 is 2.31 bits per heavy atom. The van der Waals surface area contributed by atoms with E-state index in [1.165, 1.54) is 0 Å². The molecule has 1 atom stereocenters. The molecule has 2 heterocycles. The molecule has 0 fully saturated rings. The fourth-order valence-electron chi connectivity index (χ4n) is 1.38. The molecule has 1 unspecified atom stereocenters. The number of nitrogens with one attached hydrogen (secondary N) is 1. The van der Waals surface area contributed by atoms with Crippen LogP contribution in [0.25, 0.3) is 5.65 Å². The third kappa shape index (κ3) is 2.30. The van der Waals surface area contributed by atoms with Gasteiger partial charge in [0.1, 0.15) is 0 Å². The monoisotopic (exact) mass is 220 g/mol. The predicted octanol–water partition coefficient (Wildman–Crippen LogP) is 1.48. The molecule has 0 saturated heterocycles. The van der Waals surface area contributed by atoms with Crippen LogP contribution < -0.4 is 5.32 Å². The lowest BCUT2D eigenvalue weighted by Gasteiger charge is -2.08. The van der Waals surface area contributed by atoms with Crippen molar-refractivity contribution in [3.05, 3.63) is 23.9 Å². The van der Waals surface area contributed by atoms with Crippen LogP contribution in [0, 0.1) is 6.92 Å². The van der Waals surface area contributed by atoms with Gasteiger partial charge in [-0.05, 0) is 25.5 Å². The first-order chi connectivity index (χ1) is 7.69. The van der Waals surface area contributed by atoms with Gasteiger partial charge >= 0.3 is 0 Å². The normalized spacial score (nSPS) is 12.9. The first-order valence-corrected chi connectivity index (χ1v) is 5.29. The van der Waals surface area contributed by atoms with E-state index in [-0.39, 0.29) is 6.10 Å². The minimum atomic E-state index is 0.147. The summed E-state index contributed by atoms with van der Waals surface area (Å²) in [6, 6.07) is 3.97. The zero-order valence-electron chi connectivity index (χ0n) is 9.77. The Morgan fingerprint density at radius 3 is 3.06 bits per heavy atom. The summed E-state index contributed by atoms with van der Waals surface area (Å²) in [5, 5.41) is 7.45.